The van der Waals surface area contributed by atoms with E-state index in [2.05, 4.69) is 0 Å². The van der Waals surface area contributed by atoms with Gasteiger partial charge in [-0.1, -0.05) is 13.3 Å². The summed E-state index contributed by atoms with van der Waals surface area (Å²) >= 11 is 0. The predicted molar refractivity (Wildman–Crippen MR) is 40.0 cm³/mol. The Hall–Kier alpha value is -0.0300. The minimum Gasteiger partial charge on any atom is -0.394 e. The minimum atomic E-state index is -5.64. The third-order valence-electron chi connectivity index (χ3n) is 0.833. The molecule has 0 spiro atoms. The van der Waals surface area contributed by atoms with Crippen molar-refractivity contribution in [2.24, 2.45) is 0 Å². The van der Waals surface area contributed by atoms with E-state index in [-0.39, 0.29) is 6.61 Å². The van der Waals surface area contributed by atoms with Crippen LogP contribution in [0, 0.1) is 0 Å². The largest absolute Gasteiger partial charge is 0.549 e. The van der Waals surface area contributed by atoms with Gasteiger partial charge in [0.1, 0.15) is 0 Å². The Bertz CT molecular complexity index is 129. The number of aliphatic hydroxyl groups excluding tert-OH is 2. The van der Waals surface area contributed by atoms with Gasteiger partial charge in [-0.05, 0) is 6.42 Å². The molecule has 0 saturated heterocycles. The van der Waals surface area contributed by atoms with Crippen LogP contribution in [-0.4, -0.2) is 27.8 Å². The third-order valence-corrected chi connectivity index (χ3v) is 0.833. The molecule has 76 valence electrons. The van der Waals surface area contributed by atoms with Crippen molar-refractivity contribution in [2.75, 3.05) is 6.61 Å². The first-order valence-corrected chi connectivity index (χ1v) is 4.76. The molecule has 12 heavy (non-hydrogen) atoms. The van der Waals surface area contributed by atoms with Crippen LogP contribution in [-0.2, 0) is 4.57 Å². The Morgan fingerprint density at radius 2 is 1.83 bits per heavy atom. The van der Waals surface area contributed by atoms with E-state index in [1.807, 2.05) is 6.92 Å². The average Bonchev–Trinajstić information content (AvgIpc) is 1.85. The van der Waals surface area contributed by atoms with Crippen LogP contribution in [0.3, 0.4) is 0 Å². The molecule has 0 rings (SSSR count). The molecule has 0 aromatic carbocycles. The highest BCUT2D eigenvalue weighted by atomic mass is 31.2. The molecule has 0 fully saturated rings. The fourth-order valence-corrected chi connectivity index (χ4v) is 0.425. The van der Waals surface area contributed by atoms with Crippen molar-refractivity contribution in [1.29, 1.82) is 0 Å². The maximum absolute atomic E-state index is 10.1. The summed E-state index contributed by atoms with van der Waals surface area (Å²) in [5, 5.41) is 16.8. The molecule has 1 atom stereocenters. The van der Waals surface area contributed by atoms with Crippen LogP contribution < -0.4 is 0 Å². The van der Waals surface area contributed by atoms with Crippen LogP contribution in [0.5, 0.6) is 0 Å². The van der Waals surface area contributed by atoms with Gasteiger partial charge in [-0.25, -0.2) is 4.57 Å². The lowest BCUT2D eigenvalue weighted by Crippen LogP contribution is -2.10. The van der Waals surface area contributed by atoms with Crippen molar-refractivity contribution in [3.63, 3.8) is 0 Å². The Balaban J connectivity index is 0. The zero-order chi connectivity index (χ0) is 10.2. The number of rotatable bonds is 3. The van der Waals surface area contributed by atoms with Crippen molar-refractivity contribution in [2.45, 2.75) is 25.9 Å². The zero-order valence-electron chi connectivity index (χ0n) is 6.65. The van der Waals surface area contributed by atoms with Crippen molar-refractivity contribution in [3.8, 4) is 0 Å². The highest BCUT2D eigenvalue weighted by molar-refractivity contribution is 7.46. The molecule has 3 N–H and O–H groups in total. The maximum atomic E-state index is 10.1. The summed E-state index contributed by atoms with van der Waals surface area (Å²) in [5.41, 5.74) is 0. The molecule has 1 unspecified atom stereocenters. The SMILES string of the molecule is CCCC(O)CO.O=P(O)(F)F. The van der Waals surface area contributed by atoms with E-state index in [1.165, 1.54) is 0 Å². The van der Waals surface area contributed by atoms with E-state index in [0.717, 1.165) is 6.42 Å². The highest BCUT2D eigenvalue weighted by Gasteiger charge is 2.09. The van der Waals surface area contributed by atoms with Crippen LogP contribution in [0.4, 0.5) is 8.39 Å². The van der Waals surface area contributed by atoms with Gasteiger partial charge in [-0.15, -0.1) is 8.39 Å². The molecule has 0 amide bonds. The molecule has 0 saturated carbocycles. The number of hydrogen-bond acceptors (Lipinski definition) is 3. The van der Waals surface area contributed by atoms with E-state index >= 15 is 0 Å². The Kier molecular flexibility index (Phi) is 9.19. The topological polar surface area (TPSA) is 77.8 Å². The smallest absolute Gasteiger partial charge is 0.394 e. The van der Waals surface area contributed by atoms with Gasteiger partial charge in [0.15, 0.2) is 0 Å². The number of halogens is 2. The summed E-state index contributed by atoms with van der Waals surface area (Å²) in [4.78, 5) is 6.74. The summed E-state index contributed by atoms with van der Waals surface area (Å²) in [5.74, 6) is 0. The fourth-order valence-electron chi connectivity index (χ4n) is 0.425. The standard InChI is InChI=1S/C5H12O2.F2HO2P/c1-2-3-5(7)4-6;1-5(2,3)4/h5-7H,2-4H2,1H3;(H,3,4). The van der Waals surface area contributed by atoms with E-state index in [0.29, 0.717) is 6.42 Å². The molecule has 0 bridgehead atoms. The monoisotopic (exact) mass is 206 g/mol. The van der Waals surface area contributed by atoms with E-state index in [9.17, 15) is 8.39 Å². The first-order valence-electron chi connectivity index (χ1n) is 3.32. The molecule has 0 aromatic heterocycles. The number of aliphatic hydroxyl groups is 2. The van der Waals surface area contributed by atoms with Gasteiger partial charge in [0.25, 0.3) is 0 Å². The summed E-state index contributed by atoms with van der Waals surface area (Å²) in [7, 11) is -5.64. The second-order valence-electron chi connectivity index (χ2n) is 2.06. The highest BCUT2D eigenvalue weighted by Crippen LogP contribution is 2.43. The molecule has 0 aliphatic rings. The maximum Gasteiger partial charge on any atom is 0.549 e. The van der Waals surface area contributed by atoms with Crippen LogP contribution in [0.25, 0.3) is 0 Å². The van der Waals surface area contributed by atoms with E-state index in [4.69, 9.17) is 19.7 Å². The van der Waals surface area contributed by atoms with Crippen molar-refractivity contribution in [3.05, 3.63) is 0 Å². The summed E-state index contributed by atoms with van der Waals surface area (Å²) in [6.45, 7) is 1.87. The van der Waals surface area contributed by atoms with Crippen LogP contribution in [0.1, 0.15) is 19.8 Å². The molecule has 0 aromatic rings. The average molecular weight is 206 g/mol. The minimum absolute atomic E-state index is 0.103. The Morgan fingerprint density at radius 3 is 1.92 bits per heavy atom. The molecular weight excluding hydrogens is 193 g/mol. The molecular formula is C5H13F2O4P. The Morgan fingerprint density at radius 1 is 1.50 bits per heavy atom. The molecule has 0 heterocycles. The molecule has 0 aliphatic carbocycles. The first kappa shape index (κ1) is 14.5. The lowest BCUT2D eigenvalue weighted by Gasteiger charge is -2.01. The van der Waals surface area contributed by atoms with Crippen molar-refractivity contribution in [1.82, 2.24) is 0 Å². The molecule has 0 aliphatic heterocycles. The second kappa shape index (κ2) is 7.61. The Labute approximate surface area is 69.5 Å². The molecule has 0 radical (unpaired) electrons. The molecule has 7 heteroatoms. The summed E-state index contributed by atoms with van der Waals surface area (Å²) in [6, 6.07) is 0. The van der Waals surface area contributed by atoms with Crippen molar-refractivity contribution >= 4 is 7.99 Å². The lowest BCUT2D eigenvalue weighted by molar-refractivity contribution is 0.0877. The van der Waals surface area contributed by atoms with Crippen LogP contribution in [0.15, 0.2) is 0 Å². The normalized spacial score (nSPS) is 13.2. The van der Waals surface area contributed by atoms with Crippen molar-refractivity contribution < 1.29 is 28.1 Å². The lowest BCUT2D eigenvalue weighted by atomic mass is 10.2. The van der Waals surface area contributed by atoms with Gasteiger partial charge < -0.3 is 10.2 Å². The molecule has 4 nitrogen and oxygen atoms in total. The van der Waals surface area contributed by atoms with Gasteiger partial charge >= 0.3 is 7.99 Å². The van der Waals surface area contributed by atoms with Gasteiger partial charge in [-0.2, -0.15) is 0 Å². The summed E-state index contributed by atoms with van der Waals surface area (Å²) in [6.07, 6.45) is 1.14. The fraction of sp³-hybridized carbons (Fsp3) is 1.00. The van der Waals surface area contributed by atoms with Gasteiger partial charge in [0, 0.05) is 0 Å². The zero-order valence-corrected chi connectivity index (χ0v) is 7.55. The van der Waals surface area contributed by atoms with E-state index in [1.54, 1.807) is 0 Å². The van der Waals surface area contributed by atoms with Crippen LogP contribution in [0.2, 0.25) is 0 Å². The first-order chi connectivity index (χ1) is 5.31. The van der Waals surface area contributed by atoms with E-state index < -0.39 is 14.1 Å². The quantitative estimate of drug-likeness (QED) is 0.605. The van der Waals surface area contributed by atoms with Gasteiger partial charge in [0.05, 0.1) is 12.7 Å². The van der Waals surface area contributed by atoms with Gasteiger partial charge in [-0.3, -0.25) is 4.89 Å². The summed E-state index contributed by atoms with van der Waals surface area (Å²) < 4.78 is 28.7. The van der Waals surface area contributed by atoms with Gasteiger partial charge in [0.2, 0.25) is 0 Å². The predicted octanol–water partition coefficient (Wildman–Crippen LogP) is 1.17. The van der Waals surface area contributed by atoms with Crippen LogP contribution >= 0.6 is 7.99 Å². The second-order valence-corrected chi connectivity index (χ2v) is 2.93. The number of hydrogen-bond donors (Lipinski definition) is 3. The third kappa shape index (κ3) is 32.5.